The van der Waals surface area contributed by atoms with E-state index in [1.54, 1.807) is 23.5 Å². The van der Waals surface area contributed by atoms with Crippen molar-refractivity contribution in [2.45, 2.75) is 14.7 Å². The lowest BCUT2D eigenvalue weighted by atomic mass is 10.2. The van der Waals surface area contributed by atoms with Crippen LogP contribution in [0.2, 0.25) is 0 Å². The predicted molar refractivity (Wildman–Crippen MR) is 103 cm³/mol. The summed E-state index contributed by atoms with van der Waals surface area (Å²) in [5.74, 6) is -0.0824. The summed E-state index contributed by atoms with van der Waals surface area (Å²) in [6, 6.07) is 25.7. The van der Waals surface area contributed by atoms with Crippen molar-refractivity contribution < 1.29 is 4.79 Å². The monoisotopic (exact) mass is 351 g/mol. The van der Waals surface area contributed by atoms with Crippen molar-refractivity contribution in [2.24, 2.45) is 0 Å². The van der Waals surface area contributed by atoms with Crippen LogP contribution in [-0.4, -0.2) is 12.2 Å². The van der Waals surface area contributed by atoms with Crippen molar-refractivity contribution in [2.75, 3.05) is 11.6 Å². The number of anilines is 1. The second-order valence-electron chi connectivity index (χ2n) is 5.07. The summed E-state index contributed by atoms with van der Waals surface area (Å²) in [6.45, 7) is 0. The fourth-order valence-electron chi connectivity index (χ4n) is 2.30. The Hall–Kier alpha value is -2.17. The van der Waals surface area contributed by atoms with Crippen LogP contribution in [0.15, 0.2) is 93.5 Å². The largest absolute Gasteiger partial charge is 0.321 e. The molecule has 0 unspecified atom stereocenters. The fourth-order valence-corrected chi connectivity index (χ4v) is 3.81. The van der Waals surface area contributed by atoms with Crippen molar-refractivity contribution in [1.29, 1.82) is 0 Å². The van der Waals surface area contributed by atoms with E-state index in [1.165, 1.54) is 0 Å². The molecule has 0 aliphatic heterocycles. The third-order valence-electron chi connectivity index (χ3n) is 3.46. The lowest BCUT2D eigenvalue weighted by Gasteiger charge is -2.12. The molecule has 0 fully saturated rings. The van der Waals surface area contributed by atoms with Crippen molar-refractivity contribution in [3.05, 3.63) is 84.4 Å². The third kappa shape index (κ3) is 4.02. The predicted octanol–water partition coefficient (Wildman–Crippen LogP) is 5.81. The number of para-hydroxylation sites is 1. The summed E-state index contributed by atoms with van der Waals surface area (Å²) in [5, 5.41) is 3.05. The van der Waals surface area contributed by atoms with Crippen LogP contribution in [0.3, 0.4) is 0 Å². The van der Waals surface area contributed by atoms with Gasteiger partial charge < -0.3 is 5.32 Å². The summed E-state index contributed by atoms with van der Waals surface area (Å²) < 4.78 is 0. The van der Waals surface area contributed by atoms with E-state index in [2.05, 4.69) is 17.4 Å². The Morgan fingerprint density at radius 1 is 0.792 bits per heavy atom. The molecular weight excluding hydrogens is 334 g/mol. The highest BCUT2D eigenvalue weighted by Gasteiger charge is 2.12. The molecular formula is C20H17NOS2. The minimum absolute atomic E-state index is 0.0824. The number of hydrogen-bond donors (Lipinski definition) is 1. The van der Waals surface area contributed by atoms with Gasteiger partial charge in [-0.25, -0.2) is 0 Å². The van der Waals surface area contributed by atoms with E-state index >= 15 is 0 Å². The number of nitrogens with one attached hydrogen (secondary N) is 1. The highest BCUT2D eigenvalue weighted by atomic mass is 32.2. The molecule has 0 heterocycles. The van der Waals surface area contributed by atoms with Crippen LogP contribution in [0.25, 0.3) is 0 Å². The molecule has 0 saturated heterocycles. The van der Waals surface area contributed by atoms with Gasteiger partial charge in [0.15, 0.2) is 0 Å². The number of carbonyl (C=O) groups excluding carboxylic acids is 1. The lowest BCUT2D eigenvalue weighted by Crippen LogP contribution is -2.13. The molecule has 0 aromatic heterocycles. The topological polar surface area (TPSA) is 29.1 Å². The minimum atomic E-state index is -0.0824. The van der Waals surface area contributed by atoms with Gasteiger partial charge in [-0.2, -0.15) is 0 Å². The van der Waals surface area contributed by atoms with Crippen molar-refractivity contribution >= 4 is 35.1 Å². The maximum Gasteiger partial charge on any atom is 0.256 e. The number of rotatable bonds is 5. The molecule has 1 amide bonds. The fraction of sp³-hybridized carbons (Fsp3) is 0.0500. The molecule has 3 rings (SSSR count). The number of hydrogen-bond acceptors (Lipinski definition) is 3. The first kappa shape index (κ1) is 16.7. The van der Waals surface area contributed by atoms with Gasteiger partial charge in [-0.3, -0.25) is 4.79 Å². The Morgan fingerprint density at radius 3 is 2.17 bits per heavy atom. The summed E-state index contributed by atoms with van der Waals surface area (Å²) in [5.41, 5.74) is 1.52. The first-order valence-electron chi connectivity index (χ1n) is 7.54. The van der Waals surface area contributed by atoms with Crippen LogP contribution in [0.5, 0.6) is 0 Å². The molecule has 0 aliphatic rings. The molecule has 2 nitrogen and oxygen atoms in total. The Bertz CT molecular complexity index is 834. The molecule has 120 valence electrons. The summed E-state index contributed by atoms with van der Waals surface area (Å²) in [7, 11) is 0. The molecule has 1 N–H and O–H groups in total. The van der Waals surface area contributed by atoms with E-state index in [0.717, 1.165) is 20.4 Å². The van der Waals surface area contributed by atoms with E-state index in [1.807, 2.05) is 73.0 Å². The first-order valence-corrected chi connectivity index (χ1v) is 9.58. The molecule has 4 heteroatoms. The molecule has 3 aromatic rings. The Labute approximate surface area is 150 Å². The van der Waals surface area contributed by atoms with Crippen molar-refractivity contribution in [1.82, 2.24) is 0 Å². The van der Waals surface area contributed by atoms with Crippen molar-refractivity contribution in [3.8, 4) is 0 Å². The van der Waals surface area contributed by atoms with Crippen LogP contribution < -0.4 is 5.32 Å². The minimum Gasteiger partial charge on any atom is -0.321 e. The maximum absolute atomic E-state index is 12.7. The second-order valence-corrected chi connectivity index (χ2v) is 7.03. The van der Waals surface area contributed by atoms with Gasteiger partial charge in [0.05, 0.1) is 11.3 Å². The number of benzene rings is 3. The molecule has 0 aliphatic carbocycles. The summed E-state index contributed by atoms with van der Waals surface area (Å²) in [6.07, 6.45) is 1.98. The Kier molecular flexibility index (Phi) is 5.62. The quantitative estimate of drug-likeness (QED) is 0.588. The van der Waals surface area contributed by atoms with E-state index in [-0.39, 0.29) is 5.91 Å². The Balaban J connectivity index is 1.84. The molecule has 0 spiro atoms. The SMILES string of the molecule is CSc1ccccc1C(=O)Nc1ccccc1Sc1ccccc1. The van der Waals surface area contributed by atoms with Crippen LogP contribution in [0.1, 0.15) is 10.4 Å². The summed E-state index contributed by atoms with van der Waals surface area (Å²) in [4.78, 5) is 15.8. The number of amides is 1. The van der Waals surface area contributed by atoms with E-state index < -0.39 is 0 Å². The average Bonchev–Trinajstić information content (AvgIpc) is 2.64. The maximum atomic E-state index is 12.7. The summed E-state index contributed by atoms with van der Waals surface area (Å²) >= 11 is 3.22. The first-order chi connectivity index (χ1) is 11.8. The van der Waals surface area contributed by atoms with Gasteiger partial charge in [0.2, 0.25) is 0 Å². The highest BCUT2D eigenvalue weighted by molar-refractivity contribution is 7.99. The normalized spacial score (nSPS) is 10.4. The number of carbonyl (C=O) groups is 1. The lowest BCUT2D eigenvalue weighted by molar-refractivity contribution is 0.102. The standard InChI is InChI=1S/C20H17NOS2/c1-23-18-13-7-5-11-16(18)20(22)21-17-12-6-8-14-19(17)24-15-9-3-2-4-10-15/h2-14H,1H3,(H,21,22). The van der Waals surface area contributed by atoms with Gasteiger partial charge >= 0.3 is 0 Å². The smallest absolute Gasteiger partial charge is 0.256 e. The van der Waals surface area contributed by atoms with Gasteiger partial charge in [0, 0.05) is 14.7 Å². The van der Waals surface area contributed by atoms with Gasteiger partial charge in [-0.15, -0.1) is 11.8 Å². The van der Waals surface area contributed by atoms with E-state index in [4.69, 9.17) is 0 Å². The zero-order chi connectivity index (χ0) is 16.8. The zero-order valence-electron chi connectivity index (χ0n) is 13.2. The Morgan fingerprint density at radius 2 is 1.42 bits per heavy atom. The second kappa shape index (κ2) is 8.08. The van der Waals surface area contributed by atoms with Gasteiger partial charge in [-0.1, -0.05) is 54.2 Å². The molecule has 0 bridgehead atoms. The molecule has 24 heavy (non-hydrogen) atoms. The van der Waals surface area contributed by atoms with E-state index in [0.29, 0.717) is 5.56 Å². The number of thioether (sulfide) groups is 1. The molecule has 0 radical (unpaired) electrons. The average molecular weight is 351 g/mol. The van der Waals surface area contributed by atoms with Gasteiger partial charge in [0.25, 0.3) is 5.91 Å². The molecule has 3 aromatic carbocycles. The van der Waals surface area contributed by atoms with Gasteiger partial charge in [0.1, 0.15) is 0 Å². The van der Waals surface area contributed by atoms with Crippen LogP contribution in [0, 0.1) is 0 Å². The molecule has 0 atom stereocenters. The van der Waals surface area contributed by atoms with Gasteiger partial charge in [-0.05, 0) is 42.7 Å². The van der Waals surface area contributed by atoms with Crippen LogP contribution in [0.4, 0.5) is 5.69 Å². The molecule has 0 saturated carbocycles. The van der Waals surface area contributed by atoms with Crippen LogP contribution in [-0.2, 0) is 0 Å². The van der Waals surface area contributed by atoms with Crippen molar-refractivity contribution in [3.63, 3.8) is 0 Å². The third-order valence-corrected chi connectivity index (χ3v) is 5.34. The zero-order valence-corrected chi connectivity index (χ0v) is 14.9. The van der Waals surface area contributed by atoms with Crippen LogP contribution >= 0.6 is 23.5 Å². The highest BCUT2D eigenvalue weighted by Crippen LogP contribution is 2.33. The van der Waals surface area contributed by atoms with E-state index in [9.17, 15) is 4.79 Å².